The molecule has 0 radical (unpaired) electrons. The topological polar surface area (TPSA) is 92.6 Å². The molecule has 0 spiro atoms. The van der Waals surface area contributed by atoms with E-state index in [2.05, 4.69) is 5.32 Å². The number of sulfonamides is 1. The molecule has 1 aliphatic heterocycles. The molecule has 1 aromatic rings. The highest BCUT2D eigenvalue weighted by Crippen LogP contribution is 2.30. The predicted octanol–water partition coefficient (Wildman–Crippen LogP) is 1.62. The van der Waals surface area contributed by atoms with Crippen LogP contribution in [0.5, 0.6) is 0 Å². The van der Waals surface area contributed by atoms with Gasteiger partial charge in [-0.25, -0.2) is 8.42 Å². The molecule has 1 unspecified atom stereocenters. The first-order chi connectivity index (χ1) is 9.86. The average molecular weight is 334 g/mol. The highest BCUT2D eigenvalue weighted by molar-refractivity contribution is 7.89. The second-order valence-electron chi connectivity index (χ2n) is 4.86. The summed E-state index contributed by atoms with van der Waals surface area (Å²) in [6.45, 7) is 0.646. The zero-order chi connectivity index (χ0) is 15.6. The van der Waals surface area contributed by atoms with E-state index in [9.17, 15) is 18.5 Å². The van der Waals surface area contributed by atoms with Crippen molar-refractivity contribution in [2.45, 2.75) is 23.8 Å². The quantitative estimate of drug-likeness (QED) is 0.667. The van der Waals surface area contributed by atoms with Crippen molar-refractivity contribution >= 4 is 27.3 Å². The van der Waals surface area contributed by atoms with Crippen molar-refractivity contribution in [3.63, 3.8) is 0 Å². The van der Waals surface area contributed by atoms with Gasteiger partial charge in [0, 0.05) is 30.2 Å². The lowest BCUT2D eigenvalue weighted by Gasteiger charge is -2.31. The Hall–Kier alpha value is -1.22. The molecule has 0 aliphatic carbocycles. The number of rotatable bonds is 4. The summed E-state index contributed by atoms with van der Waals surface area (Å²) in [5.41, 5.74) is -0.453. The van der Waals surface area contributed by atoms with Crippen LogP contribution in [0.25, 0.3) is 0 Å². The Morgan fingerprint density at radius 3 is 2.81 bits per heavy atom. The predicted molar refractivity (Wildman–Crippen MR) is 78.9 cm³/mol. The first-order valence-corrected chi connectivity index (χ1v) is 8.29. The van der Waals surface area contributed by atoms with Gasteiger partial charge < -0.3 is 5.32 Å². The lowest BCUT2D eigenvalue weighted by molar-refractivity contribution is -0.387. The number of hydrogen-bond donors (Lipinski definition) is 1. The molecule has 7 nitrogen and oxygen atoms in total. The highest BCUT2D eigenvalue weighted by Gasteiger charge is 2.34. The summed E-state index contributed by atoms with van der Waals surface area (Å²) < 4.78 is 26.6. The smallest absolute Gasteiger partial charge is 0.289 e. The van der Waals surface area contributed by atoms with E-state index in [0.717, 1.165) is 18.6 Å². The number of piperidine rings is 1. The summed E-state index contributed by atoms with van der Waals surface area (Å²) in [4.78, 5) is 9.99. The van der Waals surface area contributed by atoms with Crippen molar-refractivity contribution in [2.75, 3.05) is 20.1 Å². The van der Waals surface area contributed by atoms with Gasteiger partial charge >= 0.3 is 0 Å². The van der Waals surface area contributed by atoms with Gasteiger partial charge in [0.1, 0.15) is 0 Å². The molecule has 1 aromatic carbocycles. The van der Waals surface area contributed by atoms with Gasteiger partial charge in [-0.15, -0.1) is 0 Å². The van der Waals surface area contributed by atoms with E-state index in [-0.39, 0.29) is 16.0 Å². The number of nitrogens with zero attached hydrogens (tertiary/aromatic N) is 2. The number of likely N-dealkylation sites (N-methyl/N-ethyl adjacent to an activating group) is 1. The van der Waals surface area contributed by atoms with Crippen molar-refractivity contribution < 1.29 is 13.3 Å². The normalized spacial score (nSPS) is 20.4. The zero-order valence-electron chi connectivity index (χ0n) is 11.5. The fourth-order valence-corrected chi connectivity index (χ4v) is 4.32. The average Bonchev–Trinajstić information content (AvgIpc) is 2.46. The van der Waals surface area contributed by atoms with Gasteiger partial charge in [-0.1, -0.05) is 11.6 Å². The minimum absolute atomic E-state index is 0.0479. The third kappa shape index (κ3) is 3.34. The summed E-state index contributed by atoms with van der Waals surface area (Å²) in [5.74, 6) is 0. The van der Waals surface area contributed by atoms with E-state index >= 15 is 0 Å². The molecule has 116 valence electrons. The molecule has 2 rings (SSSR count). The minimum Gasteiger partial charge on any atom is -0.316 e. The molecular weight excluding hydrogens is 318 g/mol. The number of benzene rings is 1. The van der Waals surface area contributed by atoms with Crippen molar-refractivity contribution in [3.8, 4) is 0 Å². The minimum atomic E-state index is -3.94. The van der Waals surface area contributed by atoms with Crippen LogP contribution in [0.1, 0.15) is 12.8 Å². The fourth-order valence-electron chi connectivity index (χ4n) is 2.38. The third-order valence-corrected chi connectivity index (χ3v) is 5.66. The summed E-state index contributed by atoms with van der Waals surface area (Å²) in [6.07, 6.45) is 1.58. The van der Waals surface area contributed by atoms with Crippen LogP contribution >= 0.6 is 11.6 Å². The molecule has 0 bridgehead atoms. The highest BCUT2D eigenvalue weighted by atomic mass is 35.5. The van der Waals surface area contributed by atoms with Crippen molar-refractivity contribution in [3.05, 3.63) is 33.3 Å². The van der Waals surface area contributed by atoms with E-state index in [0.29, 0.717) is 19.5 Å². The molecule has 0 aromatic heterocycles. The van der Waals surface area contributed by atoms with Crippen LogP contribution in [-0.2, 0) is 10.0 Å². The number of nitro groups is 1. The lowest BCUT2D eigenvalue weighted by Crippen LogP contribution is -2.46. The number of hydrogen-bond acceptors (Lipinski definition) is 5. The maximum atomic E-state index is 12.7. The molecule has 1 heterocycles. The van der Waals surface area contributed by atoms with Crippen molar-refractivity contribution in [1.82, 2.24) is 9.62 Å². The Kier molecular flexibility index (Phi) is 4.82. The van der Waals surface area contributed by atoms with Gasteiger partial charge in [-0.3, -0.25) is 10.1 Å². The molecule has 1 atom stereocenters. The Labute approximate surface area is 128 Å². The van der Waals surface area contributed by atoms with E-state index in [4.69, 9.17) is 11.6 Å². The summed E-state index contributed by atoms with van der Waals surface area (Å²) in [5, 5.41) is 14.2. The van der Waals surface area contributed by atoms with Gasteiger partial charge in [-0.05, 0) is 32.0 Å². The van der Waals surface area contributed by atoms with E-state index < -0.39 is 20.6 Å². The van der Waals surface area contributed by atoms with Crippen molar-refractivity contribution in [1.29, 1.82) is 0 Å². The second-order valence-corrected chi connectivity index (χ2v) is 7.20. The van der Waals surface area contributed by atoms with Gasteiger partial charge in [0.05, 0.1) is 4.92 Å². The maximum Gasteiger partial charge on any atom is 0.289 e. The lowest BCUT2D eigenvalue weighted by atomic mass is 10.1. The second kappa shape index (κ2) is 6.27. The first-order valence-electron chi connectivity index (χ1n) is 6.47. The molecule has 9 heteroatoms. The van der Waals surface area contributed by atoms with Crippen LogP contribution < -0.4 is 5.32 Å². The molecule has 1 N–H and O–H groups in total. The van der Waals surface area contributed by atoms with Gasteiger partial charge in [0.15, 0.2) is 4.90 Å². The molecule has 1 saturated heterocycles. The first kappa shape index (κ1) is 16.2. The molecule has 1 aliphatic rings. The monoisotopic (exact) mass is 333 g/mol. The van der Waals surface area contributed by atoms with Crippen molar-refractivity contribution in [2.24, 2.45) is 0 Å². The molecule has 0 amide bonds. The maximum absolute atomic E-state index is 12.7. The molecular formula is C12H16ClN3O4S. The van der Waals surface area contributed by atoms with E-state index in [1.807, 2.05) is 0 Å². The van der Waals surface area contributed by atoms with Gasteiger partial charge in [-0.2, -0.15) is 4.31 Å². The Balaban J connectivity index is 2.44. The van der Waals surface area contributed by atoms with Crippen LogP contribution in [0.2, 0.25) is 5.02 Å². The molecule has 1 fully saturated rings. The zero-order valence-corrected chi connectivity index (χ0v) is 13.0. The SMILES string of the molecule is CNC1CCCN(S(=O)(=O)c2cc(Cl)ccc2[N+](=O)[O-])C1. The van der Waals surface area contributed by atoms with Crippen LogP contribution in [0.15, 0.2) is 23.1 Å². The van der Waals surface area contributed by atoms with Crippen LogP contribution in [0.3, 0.4) is 0 Å². The van der Waals surface area contributed by atoms with Crippen LogP contribution in [0, 0.1) is 10.1 Å². The van der Waals surface area contributed by atoms with E-state index in [1.54, 1.807) is 7.05 Å². The summed E-state index contributed by atoms with van der Waals surface area (Å²) in [7, 11) is -2.17. The van der Waals surface area contributed by atoms with Crippen LogP contribution in [0.4, 0.5) is 5.69 Å². The fraction of sp³-hybridized carbons (Fsp3) is 0.500. The van der Waals surface area contributed by atoms with Crippen LogP contribution in [-0.4, -0.2) is 43.8 Å². The number of nitro benzene ring substituents is 1. The largest absolute Gasteiger partial charge is 0.316 e. The Morgan fingerprint density at radius 2 is 2.19 bits per heavy atom. The Bertz CT molecular complexity index is 650. The van der Waals surface area contributed by atoms with Gasteiger partial charge in [0.2, 0.25) is 10.0 Å². The van der Waals surface area contributed by atoms with E-state index in [1.165, 1.54) is 10.4 Å². The summed E-state index contributed by atoms with van der Waals surface area (Å²) >= 11 is 5.80. The third-order valence-electron chi connectivity index (χ3n) is 3.53. The standard InChI is InChI=1S/C12H16ClN3O4S/c1-14-10-3-2-6-15(8-10)21(19,20)12-7-9(13)4-5-11(12)16(17)18/h4-5,7,10,14H,2-3,6,8H2,1H3. The molecule has 21 heavy (non-hydrogen) atoms. The number of nitrogens with one attached hydrogen (secondary N) is 1. The number of halogens is 1. The van der Waals surface area contributed by atoms with Gasteiger partial charge in [0.25, 0.3) is 5.69 Å². The Morgan fingerprint density at radius 1 is 1.48 bits per heavy atom. The molecule has 0 saturated carbocycles. The summed E-state index contributed by atoms with van der Waals surface area (Å²) in [6, 6.07) is 3.62.